The summed E-state index contributed by atoms with van der Waals surface area (Å²) >= 11 is 0. The number of aliphatic imine (C=N–C) groups is 1. The average molecular weight is 617 g/mol. The van der Waals surface area contributed by atoms with E-state index in [9.17, 15) is 14.3 Å². The smallest absolute Gasteiger partial charge is 0.335 e. The van der Waals surface area contributed by atoms with Gasteiger partial charge in [-0.05, 0) is 67.0 Å². The van der Waals surface area contributed by atoms with E-state index in [0.29, 0.717) is 25.3 Å². The second kappa shape index (κ2) is 11.4. The molecule has 10 nitrogen and oxygen atoms in total. The Labute approximate surface area is 258 Å². The van der Waals surface area contributed by atoms with E-state index in [1.165, 1.54) is 0 Å². The number of hydrogen-bond donors (Lipinski definition) is 2. The van der Waals surface area contributed by atoms with Gasteiger partial charge in [0.05, 0.1) is 29.2 Å². The number of benzene rings is 2. The summed E-state index contributed by atoms with van der Waals surface area (Å²) in [6, 6.07) is 11.2. The standard InChI is InChI=1S/C33H34F2N6O4/c1-37-16-21-12-19(2-4-26(21)36)18-45-31-25(35)14-24(34)30(39-31)40-9-7-33(8-10-40)15-23(33)29-38-27-5-3-20(32(42)43)13-28(27)41(29)17-22-6-11-44-22/h2-5,12-14,16,22-23H,6-11,15,17-18,36H2,1H3,(H,42,43)/t22-,23?/m0/s1. The lowest BCUT2D eigenvalue weighted by atomic mass is 9.90. The molecule has 2 atom stereocenters. The molecule has 4 heterocycles. The first kappa shape index (κ1) is 29.1. The molecule has 234 valence electrons. The van der Waals surface area contributed by atoms with Crippen LogP contribution in [-0.4, -0.2) is 64.7 Å². The molecular formula is C33H34F2N6O4. The summed E-state index contributed by atoms with van der Waals surface area (Å²) in [5, 5.41) is 9.56. The number of rotatable bonds is 9. The Balaban J connectivity index is 1.07. The van der Waals surface area contributed by atoms with Crippen molar-refractivity contribution >= 4 is 34.7 Å². The minimum absolute atomic E-state index is 0.0101. The summed E-state index contributed by atoms with van der Waals surface area (Å²) in [5.41, 5.74) is 9.83. The monoisotopic (exact) mass is 616 g/mol. The lowest BCUT2D eigenvalue weighted by Crippen LogP contribution is -2.36. The van der Waals surface area contributed by atoms with Gasteiger partial charge in [0, 0.05) is 56.2 Å². The number of pyridine rings is 1. The summed E-state index contributed by atoms with van der Waals surface area (Å²) < 4.78 is 43.3. The van der Waals surface area contributed by atoms with Gasteiger partial charge in [-0.25, -0.2) is 18.6 Å². The number of fused-ring (bicyclic) bond motifs is 1. The number of carbonyl (C=O) groups is 1. The third-order valence-electron chi connectivity index (χ3n) is 9.44. The van der Waals surface area contributed by atoms with Crippen LogP contribution in [-0.2, 0) is 17.9 Å². The zero-order chi connectivity index (χ0) is 31.3. The number of halogens is 2. The van der Waals surface area contributed by atoms with Crippen LogP contribution in [0, 0.1) is 17.0 Å². The SMILES string of the molecule is CN=Cc1cc(COc2nc(N3CCC4(CC3)CC4c3nc4ccc(C(=O)O)cc4n3C[C@@H]3CCO3)c(F)cc2F)ccc1N. The van der Waals surface area contributed by atoms with Crippen LogP contribution in [0.3, 0.4) is 0 Å². The van der Waals surface area contributed by atoms with E-state index in [1.54, 1.807) is 49.7 Å². The summed E-state index contributed by atoms with van der Waals surface area (Å²) in [4.78, 5) is 26.8. The molecule has 7 rings (SSSR count). The van der Waals surface area contributed by atoms with Crippen molar-refractivity contribution in [2.75, 3.05) is 37.4 Å². The van der Waals surface area contributed by atoms with E-state index in [-0.39, 0.29) is 41.3 Å². The Morgan fingerprint density at radius 1 is 1.18 bits per heavy atom. The van der Waals surface area contributed by atoms with Crippen LogP contribution in [0.25, 0.3) is 11.0 Å². The predicted octanol–water partition coefficient (Wildman–Crippen LogP) is 5.18. The van der Waals surface area contributed by atoms with Crippen molar-refractivity contribution < 1.29 is 28.2 Å². The van der Waals surface area contributed by atoms with Gasteiger partial charge in [0.25, 0.3) is 5.88 Å². The number of imidazole rings is 1. The maximum atomic E-state index is 15.0. The van der Waals surface area contributed by atoms with Crippen LogP contribution in [0.15, 0.2) is 47.5 Å². The van der Waals surface area contributed by atoms with Gasteiger partial charge in [0.1, 0.15) is 12.4 Å². The quantitative estimate of drug-likeness (QED) is 0.195. The molecule has 3 aliphatic rings. The molecule has 0 bridgehead atoms. The van der Waals surface area contributed by atoms with Gasteiger partial charge in [0.2, 0.25) is 0 Å². The summed E-state index contributed by atoms with van der Waals surface area (Å²) in [7, 11) is 1.65. The first-order chi connectivity index (χ1) is 21.7. The Hall–Kier alpha value is -4.58. The Bertz CT molecular complexity index is 1810. The Morgan fingerprint density at radius 3 is 2.69 bits per heavy atom. The third kappa shape index (κ3) is 5.47. The fourth-order valence-electron chi connectivity index (χ4n) is 6.67. The highest BCUT2D eigenvalue weighted by Gasteiger charge is 2.57. The molecule has 4 aromatic rings. The molecule has 0 radical (unpaired) electrons. The summed E-state index contributed by atoms with van der Waals surface area (Å²) in [6.07, 6.45) is 5.21. The van der Waals surface area contributed by atoms with Crippen LogP contribution in [0.5, 0.6) is 5.88 Å². The summed E-state index contributed by atoms with van der Waals surface area (Å²) in [5.74, 6) is -1.59. The molecule has 2 aliphatic heterocycles. The van der Waals surface area contributed by atoms with Crippen LogP contribution < -0.4 is 15.4 Å². The summed E-state index contributed by atoms with van der Waals surface area (Å²) in [6.45, 7) is 2.50. The number of nitrogens with two attached hydrogens (primary N) is 1. The number of piperidine rings is 1. The maximum absolute atomic E-state index is 15.0. The largest absolute Gasteiger partial charge is 0.478 e. The molecule has 2 aromatic carbocycles. The molecule has 1 unspecified atom stereocenters. The van der Waals surface area contributed by atoms with Gasteiger partial charge in [-0.2, -0.15) is 4.98 Å². The molecule has 2 aromatic heterocycles. The lowest BCUT2D eigenvalue weighted by molar-refractivity contribution is -0.0590. The van der Waals surface area contributed by atoms with Crippen LogP contribution in [0.2, 0.25) is 0 Å². The van der Waals surface area contributed by atoms with Crippen molar-refractivity contribution in [2.45, 2.75) is 50.9 Å². The topological polar surface area (TPSA) is 128 Å². The van der Waals surface area contributed by atoms with Gasteiger partial charge in [-0.3, -0.25) is 4.99 Å². The fourth-order valence-corrected chi connectivity index (χ4v) is 6.67. The van der Waals surface area contributed by atoms with Crippen molar-refractivity contribution in [2.24, 2.45) is 10.4 Å². The molecule has 3 fully saturated rings. The second-order valence-electron chi connectivity index (χ2n) is 12.2. The number of ether oxygens (including phenoxy) is 2. The first-order valence-corrected chi connectivity index (χ1v) is 15.1. The van der Waals surface area contributed by atoms with E-state index >= 15 is 4.39 Å². The number of aromatic carboxylic acids is 1. The minimum atomic E-state index is -0.974. The second-order valence-corrected chi connectivity index (χ2v) is 12.2. The Morgan fingerprint density at radius 2 is 1.98 bits per heavy atom. The van der Waals surface area contributed by atoms with Crippen molar-refractivity contribution in [3.63, 3.8) is 0 Å². The van der Waals surface area contributed by atoms with E-state index in [0.717, 1.165) is 66.3 Å². The van der Waals surface area contributed by atoms with E-state index < -0.39 is 17.6 Å². The number of aromatic nitrogens is 3. The normalized spacial score (nSPS) is 20.6. The van der Waals surface area contributed by atoms with Crippen molar-refractivity contribution in [3.05, 3.63) is 76.6 Å². The Kier molecular flexibility index (Phi) is 7.39. The van der Waals surface area contributed by atoms with Crippen LogP contribution in [0.1, 0.15) is 58.9 Å². The number of carboxylic acid groups (broad SMARTS) is 1. The highest BCUT2D eigenvalue weighted by molar-refractivity contribution is 5.92. The molecule has 1 saturated carbocycles. The number of carboxylic acids is 1. The molecule has 12 heteroatoms. The molecule has 3 N–H and O–H groups in total. The number of nitrogens with zero attached hydrogens (tertiary/aromatic N) is 5. The average Bonchev–Trinajstić information content (AvgIpc) is 3.57. The van der Waals surface area contributed by atoms with Crippen molar-refractivity contribution in [1.29, 1.82) is 0 Å². The zero-order valence-corrected chi connectivity index (χ0v) is 24.9. The molecule has 45 heavy (non-hydrogen) atoms. The number of anilines is 2. The van der Waals surface area contributed by atoms with E-state index in [2.05, 4.69) is 14.5 Å². The molecular weight excluding hydrogens is 582 g/mol. The number of nitrogen functional groups attached to an aromatic ring is 1. The van der Waals surface area contributed by atoms with E-state index in [1.807, 2.05) is 4.90 Å². The van der Waals surface area contributed by atoms with E-state index in [4.69, 9.17) is 20.2 Å². The molecule has 1 aliphatic carbocycles. The maximum Gasteiger partial charge on any atom is 0.335 e. The van der Waals surface area contributed by atoms with Gasteiger partial charge in [0.15, 0.2) is 17.5 Å². The molecule has 2 saturated heterocycles. The lowest BCUT2D eigenvalue weighted by Gasteiger charge is -2.34. The highest BCUT2D eigenvalue weighted by atomic mass is 19.1. The van der Waals surface area contributed by atoms with Gasteiger partial charge in [-0.1, -0.05) is 6.07 Å². The number of hydrogen-bond acceptors (Lipinski definition) is 8. The fraction of sp³-hybridized carbons (Fsp3) is 0.394. The highest BCUT2D eigenvalue weighted by Crippen LogP contribution is 2.65. The van der Waals surface area contributed by atoms with Crippen molar-refractivity contribution in [1.82, 2.24) is 14.5 Å². The third-order valence-corrected chi connectivity index (χ3v) is 9.44. The zero-order valence-electron chi connectivity index (χ0n) is 24.9. The van der Waals surface area contributed by atoms with Crippen molar-refractivity contribution in [3.8, 4) is 5.88 Å². The predicted molar refractivity (Wildman–Crippen MR) is 165 cm³/mol. The minimum Gasteiger partial charge on any atom is -0.478 e. The van der Waals surface area contributed by atoms with Gasteiger partial charge >= 0.3 is 5.97 Å². The van der Waals surface area contributed by atoms with Gasteiger partial charge < -0.3 is 29.8 Å². The van der Waals surface area contributed by atoms with Gasteiger partial charge in [-0.15, -0.1) is 0 Å². The van der Waals surface area contributed by atoms with Crippen LogP contribution >= 0.6 is 0 Å². The molecule has 1 spiro atoms. The van der Waals surface area contributed by atoms with Crippen LogP contribution in [0.4, 0.5) is 20.3 Å². The molecule has 0 amide bonds. The first-order valence-electron chi connectivity index (χ1n) is 15.1.